The molecule has 0 bridgehead atoms. The van der Waals surface area contributed by atoms with Crippen LogP contribution in [0.25, 0.3) is 0 Å². The lowest BCUT2D eigenvalue weighted by molar-refractivity contribution is 0.0996. The third kappa shape index (κ3) is 4.90. The van der Waals surface area contributed by atoms with Crippen LogP contribution in [0.1, 0.15) is 49.2 Å². The first-order chi connectivity index (χ1) is 13.5. The van der Waals surface area contributed by atoms with E-state index < -0.39 is 5.91 Å². The Hall–Kier alpha value is -2.39. The van der Waals surface area contributed by atoms with Crippen molar-refractivity contribution in [2.45, 2.75) is 56.6 Å². The number of aromatic nitrogens is 2. The number of hydrogen-bond acceptors (Lipinski definition) is 7. The first-order valence-electron chi connectivity index (χ1n) is 9.45. The van der Waals surface area contributed by atoms with Crippen molar-refractivity contribution in [2.75, 3.05) is 19.1 Å². The van der Waals surface area contributed by atoms with Gasteiger partial charge < -0.3 is 31.2 Å². The molecule has 1 aliphatic rings. The largest absolute Gasteiger partial charge is 0.454 e. The molecule has 9 heteroatoms. The van der Waals surface area contributed by atoms with Crippen LogP contribution in [0.2, 0.25) is 0 Å². The zero-order chi connectivity index (χ0) is 20.7. The van der Waals surface area contributed by atoms with Crippen molar-refractivity contribution in [3.63, 3.8) is 0 Å². The monoisotopic (exact) mass is 407 g/mol. The number of nitrogens with zero attached hydrogens (tertiary/aromatic N) is 2. The van der Waals surface area contributed by atoms with E-state index >= 15 is 0 Å². The highest BCUT2D eigenvalue weighted by atomic mass is 32.2. The van der Waals surface area contributed by atoms with Gasteiger partial charge in [-0.1, -0.05) is 32.0 Å². The number of imidazole rings is 1. The topological polar surface area (TPSA) is 131 Å². The number of carbonyl (C=O) groups excluding carboxylic acids is 1. The van der Waals surface area contributed by atoms with Gasteiger partial charge in [0.25, 0.3) is 5.91 Å². The summed E-state index contributed by atoms with van der Waals surface area (Å²) in [7, 11) is 0. The second-order valence-electron chi connectivity index (χ2n) is 6.07. The third-order valence-electron chi connectivity index (χ3n) is 4.16. The van der Waals surface area contributed by atoms with E-state index in [2.05, 4.69) is 4.98 Å². The van der Waals surface area contributed by atoms with E-state index in [-0.39, 0.29) is 12.5 Å². The number of rotatable bonds is 8. The summed E-state index contributed by atoms with van der Waals surface area (Å²) in [5.41, 5.74) is 18.2. The minimum atomic E-state index is -0.632. The number of primary amides is 1. The number of carbonyl (C=O) groups is 1. The molecule has 0 unspecified atom stereocenters. The number of nitrogen functional groups attached to an aromatic ring is 1. The average Bonchev–Trinajstić information content (AvgIpc) is 3.25. The molecule has 0 saturated carbocycles. The predicted octanol–water partition coefficient (Wildman–Crippen LogP) is 2.91. The van der Waals surface area contributed by atoms with Crippen molar-refractivity contribution in [3.8, 4) is 11.5 Å². The molecule has 0 spiro atoms. The van der Waals surface area contributed by atoms with Crippen LogP contribution in [-0.2, 0) is 6.54 Å². The first kappa shape index (κ1) is 21.9. The lowest BCUT2D eigenvalue weighted by atomic mass is 10.2. The van der Waals surface area contributed by atoms with Gasteiger partial charge in [-0.3, -0.25) is 4.79 Å². The Bertz CT molecular complexity index is 822. The van der Waals surface area contributed by atoms with Crippen LogP contribution >= 0.6 is 11.8 Å². The lowest BCUT2D eigenvalue weighted by Crippen LogP contribution is -2.14. The van der Waals surface area contributed by atoms with Gasteiger partial charge in [-0.05, 0) is 44.0 Å². The molecule has 154 valence electrons. The van der Waals surface area contributed by atoms with Crippen molar-refractivity contribution in [3.05, 3.63) is 23.4 Å². The average molecular weight is 408 g/mol. The molecule has 8 nitrogen and oxygen atoms in total. The first-order valence-corrected chi connectivity index (χ1v) is 10.3. The van der Waals surface area contributed by atoms with Gasteiger partial charge in [-0.15, -0.1) is 0 Å². The summed E-state index contributed by atoms with van der Waals surface area (Å²) in [5, 5.41) is 0.631. The molecular formula is C19H29N5O3S. The van der Waals surface area contributed by atoms with Crippen molar-refractivity contribution >= 4 is 23.5 Å². The fraction of sp³-hybridized carbons (Fsp3) is 0.474. The normalized spacial score (nSPS) is 11.9. The molecule has 6 N–H and O–H groups in total. The van der Waals surface area contributed by atoms with Crippen LogP contribution in [0.15, 0.2) is 22.2 Å². The molecule has 0 atom stereocenters. The molecular weight excluding hydrogens is 378 g/mol. The summed E-state index contributed by atoms with van der Waals surface area (Å²) < 4.78 is 12.7. The van der Waals surface area contributed by atoms with Crippen LogP contribution in [-0.4, -0.2) is 28.8 Å². The number of aryl methyl sites for hydroxylation is 1. The number of ether oxygens (including phenoxy) is 2. The Kier molecular flexibility index (Phi) is 8.01. The Morgan fingerprint density at radius 3 is 2.54 bits per heavy atom. The van der Waals surface area contributed by atoms with E-state index in [0.717, 1.165) is 35.5 Å². The van der Waals surface area contributed by atoms with Gasteiger partial charge in [-0.2, -0.15) is 0 Å². The minimum absolute atomic E-state index is 0.102. The Morgan fingerprint density at radius 2 is 1.89 bits per heavy atom. The number of anilines is 1. The van der Waals surface area contributed by atoms with Crippen LogP contribution in [0, 0.1) is 6.92 Å². The van der Waals surface area contributed by atoms with E-state index in [1.807, 2.05) is 37.5 Å². The molecule has 1 amide bonds. The molecule has 1 aromatic heterocycles. The van der Waals surface area contributed by atoms with Gasteiger partial charge in [-0.25, -0.2) is 4.98 Å². The second-order valence-corrected chi connectivity index (χ2v) is 7.08. The molecule has 0 aliphatic carbocycles. The molecule has 2 heterocycles. The van der Waals surface area contributed by atoms with Gasteiger partial charge in [0.2, 0.25) is 6.79 Å². The lowest BCUT2D eigenvalue weighted by Gasteiger charge is -2.11. The summed E-state index contributed by atoms with van der Waals surface area (Å²) in [5.74, 6) is 1.09. The minimum Gasteiger partial charge on any atom is -0.454 e. The maximum absolute atomic E-state index is 11.6. The molecule has 2 aromatic rings. The molecule has 1 aliphatic heterocycles. The Morgan fingerprint density at radius 1 is 1.21 bits per heavy atom. The van der Waals surface area contributed by atoms with Gasteiger partial charge in [0, 0.05) is 11.4 Å². The standard InChI is InChI=1S/C17H23N5O3S.C2H6/c1-10-7-11-12(25-9-24-11)8-13(10)26-17-21-14(16(20)23)15(19)22(17)6-4-2-3-5-18;1-2/h7-8H,2-6,9,18-19H2,1H3,(H2,20,23);1-2H3. The second kappa shape index (κ2) is 10.2. The van der Waals surface area contributed by atoms with Crippen LogP contribution in [0.5, 0.6) is 11.5 Å². The Labute approximate surface area is 169 Å². The number of hydrogen-bond donors (Lipinski definition) is 3. The van der Waals surface area contributed by atoms with E-state index in [1.165, 1.54) is 11.8 Å². The zero-order valence-corrected chi connectivity index (χ0v) is 17.5. The summed E-state index contributed by atoms with van der Waals surface area (Å²) in [6.07, 6.45) is 2.82. The number of fused-ring (bicyclic) bond motifs is 1. The van der Waals surface area contributed by atoms with Crippen molar-refractivity contribution in [2.24, 2.45) is 11.5 Å². The number of unbranched alkanes of at least 4 members (excludes halogenated alkanes) is 2. The van der Waals surface area contributed by atoms with Crippen LogP contribution in [0.4, 0.5) is 5.82 Å². The fourth-order valence-electron chi connectivity index (χ4n) is 2.74. The Balaban J connectivity index is 0.00000136. The van der Waals surface area contributed by atoms with Gasteiger partial charge in [0.05, 0.1) is 0 Å². The summed E-state index contributed by atoms with van der Waals surface area (Å²) in [6, 6.07) is 3.84. The van der Waals surface area contributed by atoms with Crippen molar-refractivity contribution in [1.29, 1.82) is 0 Å². The number of benzene rings is 1. The maximum atomic E-state index is 11.6. The molecule has 0 fully saturated rings. The predicted molar refractivity (Wildman–Crippen MR) is 111 cm³/mol. The van der Waals surface area contributed by atoms with Crippen LogP contribution < -0.4 is 26.7 Å². The molecule has 1 aromatic carbocycles. The number of nitrogens with two attached hydrogens (primary N) is 3. The quantitative estimate of drug-likeness (QED) is 0.573. The molecule has 3 rings (SSSR count). The van der Waals surface area contributed by atoms with Crippen molar-refractivity contribution < 1.29 is 14.3 Å². The fourth-order valence-corrected chi connectivity index (χ4v) is 3.76. The van der Waals surface area contributed by atoms with Gasteiger partial charge in [0.1, 0.15) is 5.82 Å². The van der Waals surface area contributed by atoms with E-state index in [1.54, 1.807) is 0 Å². The maximum Gasteiger partial charge on any atom is 0.271 e. The van der Waals surface area contributed by atoms with E-state index in [4.69, 9.17) is 26.7 Å². The van der Waals surface area contributed by atoms with Crippen molar-refractivity contribution in [1.82, 2.24) is 9.55 Å². The molecule has 28 heavy (non-hydrogen) atoms. The zero-order valence-electron chi connectivity index (χ0n) is 16.7. The highest BCUT2D eigenvalue weighted by Gasteiger charge is 2.22. The van der Waals surface area contributed by atoms with Gasteiger partial charge in [0.15, 0.2) is 22.3 Å². The SMILES string of the molecule is CC.Cc1cc2c(cc1Sc1nc(C(N)=O)c(N)n1CCCCCN)OCO2. The highest BCUT2D eigenvalue weighted by Crippen LogP contribution is 2.40. The number of amides is 1. The third-order valence-corrected chi connectivity index (χ3v) is 5.32. The summed E-state index contributed by atoms with van der Waals surface area (Å²) in [4.78, 5) is 17.0. The van der Waals surface area contributed by atoms with Crippen LogP contribution in [0.3, 0.4) is 0 Å². The van der Waals surface area contributed by atoms with E-state index in [0.29, 0.717) is 29.8 Å². The molecule has 0 radical (unpaired) electrons. The summed E-state index contributed by atoms with van der Waals surface area (Å²) >= 11 is 1.43. The highest BCUT2D eigenvalue weighted by molar-refractivity contribution is 7.99. The summed E-state index contributed by atoms with van der Waals surface area (Å²) in [6.45, 7) is 7.51. The smallest absolute Gasteiger partial charge is 0.271 e. The van der Waals surface area contributed by atoms with Gasteiger partial charge >= 0.3 is 0 Å². The molecule has 0 saturated heterocycles. The van der Waals surface area contributed by atoms with E-state index in [9.17, 15) is 4.79 Å².